The maximum absolute atomic E-state index is 13.4. The van der Waals surface area contributed by atoms with E-state index in [4.69, 9.17) is 16.3 Å². The molecule has 2 aromatic carbocycles. The number of amides is 1. The predicted octanol–water partition coefficient (Wildman–Crippen LogP) is 3.91. The topological polar surface area (TPSA) is 50.7 Å². The van der Waals surface area contributed by atoms with Crippen molar-refractivity contribution >= 4 is 39.7 Å². The van der Waals surface area contributed by atoms with Crippen LogP contribution in [0, 0.1) is 11.6 Å². The molecule has 0 unspecified atom stereocenters. The highest BCUT2D eigenvalue weighted by atomic mass is 79.9. The van der Waals surface area contributed by atoms with Crippen molar-refractivity contribution in [3.63, 3.8) is 0 Å². The molecule has 0 heterocycles. The van der Waals surface area contributed by atoms with Crippen LogP contribution in [0.4, 0.5) is 8.78 Å². The van der Waals surface area contributed by atoms with Gasteiger partial charge in [0, 0.05) is 10.0 Å². The van der Waals surface area contributed by atoms with Crippen LogP contribution < -0.4 is 10.2 Å². The van der Waals surface area contributed by atoms with Gasteiger partial charge in [0.15, 0.2) is 18.2 Å². The van der Waals surface area contributed by atoms with Crippen LogP contribution in [-0.4, -0.2) is 18.7 Å². The highest BCUT2D eigenvalue weighted by Gasteiger charge is 2.07. The number of hydrogen-bond acceptors (Lipinski definition) is 3. The minimum Gasteiger partial charge on any atom is -0.482 e. The van der Waals surface area contributed by atoms with Crippen LogP contribution in [0.15, 0.2) is 46.0 Å². The molecule has 0 fully saturated rings. The lowest BCUT2D eigenvalue weighted by Gasteiger charge is -2.07. The summed E-state index contributed by atoms with van der Waals surface area (Å²) in [6.45, 7) is -0.329. The Balaban J connectivity index is 1.87. The Bertz CT molecular complexity index is 756. The largest absolute Gasteiger partial charge is 0.482 e. The van der Waals surface area contributed by atoms with Gasteiger partial charge in [0.05, 0.1) is 11.2 Å². The van der Waals surface area contributed by atoms with E-state index in [1.54, 1.807) is 18.2 Å². The van der Waals surface area contributed by atoms with Crippen molar-refractivity contribution < 1.29 is 18.3 Å². The Labute approximate surface area is 144 Å². The number of nitrogens with zero attached hydrogens (tertiary/aromatic N) is 1. The van der Waals surface area contributed by atoms with Crippen molar-refractivity contribution in [3.8, 4) is 5.75 Å². The van der Waals surface area contributed by atoms with Gasteiger partial charge in [-0.3, -0.25) is 4.79 Å². The zero-order valence-electron chi connectivity index (χ0n) is 11.5. The van der Waals surface area contributed by atoms with Crippen LogP contribution in [0.2, 0.25) is 5.02 Å². The Kier molecular flexibility index (Phi) is 6.06. The molecule has 0 spiro atoms. The standard InChI is InChI=1S/C15H10BrClF2N2O2/c16-10-4-5-13(11(17)6-10)23-8-14(22)21-20-7-9-2-1-3-12(18)15(9)19/h1-7H,8H2,(H,21,22). The summed E-state index contributed by atoms with van der Waals surface area (Å²) in [6, 6.07) is 8.59. The zero-order chi connectivity index (χ0) is 16.8. The number of nitrogens with one attached hydrogen (secondary N) is 1. The number of benzene rings is 2. The molecule has 0 atom stereocenters. The summed E-state index contributed by atoms with van der Waals surface area (Å²) in [4.78, 5) is 11.6. The van der Waals surface area contributed by atoms with E-state index in [9.17, 15) is 13.6 Å². The van der Waals surface area contributed by atoms with Crippen molar-refractivity contribution in [3.05, 3.63) is 63.1 Å². The normalized spacial score (nSPS) is 10.8. The summed E-state index contributed by atoms with van der Waals surface area (Å²) in [5, 5.41) is 3.89. The molecule has 23 heavy (non-hydrogen) atoms. The minimum atomic E-state index is -1.04. The van der Waals surface area contributed by atoms with Gasteiger partial charge in [-0.15, -0.1) is 0 Å². The van der Waals surface area contributed by atoms with Gasteiger partial charge in [-0.05, 0) is 24.3 Å². The summed E-state index contributed by atoms with van der Waals surface area (Å²) in [5.41, 5.74) is 2.06. The molecule has 0 aliphatic heterocycles. The Morgan fingerprint density at radius 3 is 2.87 bits per heavy atom. The molecular formula is C15H10BrClF2N2O2. The Morgan fingerprint density at radius 2 is 2.13 bits per heavy atom. The van der Waals surface area contributed by atoms with E-state index in [-0.39, 0.29) is 12.2 Å². The van der Waals surface area contributed by atoms with Crippen molar-refractivity contribution in [2.75, 3.05) is 6.61 Å². The number of carbonyl (C=O) groups is 1. The lowest BCUT2D eigenvalue weighted by Crippen LogP contribution is -2.24. The van der Waals surface area contributed by atoms with E-state index in [1.165, 1.54) is 12.1 Å². The van der Waals surface area contributed by atoms with Crippen LogP contribution in [0.1, 0.15) is 5.56 Å². The molecule has 0 aliphatic rings. The van der Waals surface area contributed by atoms with Crippen molar-refractivity contribution in [2.45, 2.75) is 0 Å². The smallest absolute Gasteiger partial charge is 0.277 e. The van der Waals surface area contributed by atoms with Crippen LogP contribution in [0.25, 0.3) is 0 Å². The molecule has 2 aromatic rings. The number of rotatable bonds is 5. The first-order valence-corrected chi connectivity index (χ1v) is 7.48. The Morgan fingerprint density at radius 1 is 1.35 bits per heavy atom. The van der Waals surface area contributed by atoms with Crippen molar-refractivity contribution in [1.29, 1.82) is 0 Å². The number of hydrazone groups is 1. The molecule has 1 amide bonds. The number of halogens is 4. The maximum Gasteiger partial charge on any atom is 0.277 e. The molecule has 0 radical (unpaired) electrons. The molecule has 120 valence electrons. The molecule has 0 aromatic heterocycles. The molecule has 0 saturated carbocycles. The van der Waals surface area contributed by atoms with Gasteiger partial charge in [0.25, 0.3) is 5.91 Å². The SMILES string of the molecule is O=C(COc1ccc(Br)cc1Cl)NN=Cc1cccc(F)c1F. The molecular weight excluding hydrogens is 394 g/mol. The summed E-state index contributed by atoms with van der Waals surface area (Å²) in [7, 11) is 0. The summed E-state index contributed by atoms with van der Waals surface area (Å²) < 4.78 is 32.3. The second-order valence-electron chi connectivity index (χ2n) is 4.30. The summed E-state index contributed by atoms with van der Waals surface area (Å²) in [5.74, 6) is -2.26. The maximum atomic E-state index is 13.4. The first-order chi connectivity index (χ1) is 11.0. The fourth-order valence-corrected chi connectivity index (χ4v) is 2.29. The van der Waals surface area contributed by atoms with E-state index in [1.807, 2.05) is 0 Å². The summed E-state index contributed by atoms with van der Waals surface area (Å²) >= 11 is 9.18. The first-order valence-electron chi connectivity index (χ1n) is 6.31. The van der Waals surface area contributed by atoms with Crippen LogP contribution in [-0.2, 0) is 4.79 Å². The van der Waals surface area contributed by atoms with Crippen LogP contribution >= 0.6 is 27.5 Å². The molecule has 1 N–H and O–H groups in total. The highest BCUT2D eigenvalue weighted by molar-refractivity contribution is 9.10. The van der Waals surface area contributed by atoms with E-state index < -0.39 is 17.5 Å². The van der Waals surface area contributed by atoms with Gasteiger partial charge in [0.2, 0.25) is 0 Å². The highest BCUT2D eigenvalue weighted by Crippen LogP contribution is 2.27. The second-order valence-corrected chi connectivity index (χ2v) is 5.62. The molecule has 8 heteroatoms. The monoisotopic (exact) mass is 402 g/mol. The third-order valence-corrected chi connectivity index (χ3v) is 3.42. The number of hydrogen-bond donors (Lipinski definition) is 1. The van der Waals surface area contributed by atoms with Crippen molar-refractivity contribution in [1.82, 2.24) is 5.43 Å². The number of carbonyl (C=O) groups excluding carboxylic acids is 1. The van der Waals surface area contributed by atoms with E-state index in [2.05, 4.69) is 26.5 Å². The third kappa shape index (κ3) is 5.01. The molecule has 0 saturated heterocycles. The first kappa shape index (κ1) is 17.4. The van der Waals surface area contributed by atoms with Gasteiger partial charge < -0.3 is 4.74 Å². The average Bonchev–Trinajstić information content (AvgIpc) is 2.50. The minimum absolute atomic E-state index is 0.0813. The quantitative estimate of drug-likeness (QED) is 0.608. The molecule has 0 bridgehead atoms. The van der Waals surface area contributed by atoms with E-state index in [0.29, 0.717) is 10.8 Å². The average molecular weight is 404 g/mol. The Hall–Kier alpha value is -1.99. The van der Waals surface area contributed by atoms with Gasteiger partial charge in [0.1, 0.15) is 5.75 Å². The van der Waals surface area contributed by atoms with Gasteiger partial charge in [-0.25, -0.2) is 14.2 Å². The second kappa shape index (κ2) is 8.03. The third-order valence-electron chi connectivity index (χ3n) is 2.63. The van der Waals surface area contributed by atoms with E-state index >= 15 is 0 Å². The van der Waals surface area contributed by atoms with Gasteiger partial charge in [-0.2, -0.15) is 5.10 Å². The van der Waals surface area contributed by atoms with Crippen molar-refractivity contribution in [2.24, 2.45) is 5.10 Å². The molecule has 4 nitrogen and oxygen atoms in total. The van der Waals surface area contributed by atoms with Crippen LogP contribution in [0.5, 0.6) is 5.75 Å². The van der Waals surface area contributed by atoms with Gasteiger partial charge >= 0.3 is 0 Å². The van der Waals surface area contributed by atoms with Gasteiger partial charge in [-0.1, -0.05) is 39.7 Å². The molecule has 2 rings (SSSR count). The lowest BCUT2D eigenvalue weighted by molar-refractivity contribution is -0.123. The fraction of sp³-hybridized carbons (Fsp3) is 0.0667. The fourth-order valence-electron chi connectivity index (χ4n) is 1.56. The lowest BCUT2D eigenvalue weighted by atomic mass is 10.2. The summed E-state index contributed by atoms with van der Waals surface area (Å²) in [6.07, 6.45) is 1.00. The zero-order valence-corrected chi connectivity index (χ0v) is 13.9. The predicted molar refractivity (Wildman–Crippen MR) is 86.7 cm³/mol. The molecule has 0 aliphatic carbocycles. The van der Waals surface area contributed by atoms with E-state index in [0.717, 1.165) is 16.8 Å². The van der Waals surface area contributed by atoms with Crippen LogP contribution in [0.3, 0.4) is 0 Å². The number of ether oxygens (including phenoxy) is 1.